The van der Waals surface area contributed by atoms with Gasteiger partial charge < -0.3 is 19.5 Å². The first-order valence-corrected chi connectivity index (χ1v) is 13.9. The normalized spacial score (nSPS) is 12.4. The highest BCUT2D eigenvalue weighted by Crippen LogP contribution is 2.39. The first kappa shape index (κ1) is 28.4. The summed E-state index contributed by atoms with van der Waals surface area (Å²) < 4.78 is 17.0. The maximum atomic E-state index is 13.2. The molecule has 1 heterocycles. The maximum absolute atomic E-state index is 13.2. The van der Waals surface area contributed by atoms with Crippen LogP contribution in [0.25, 0.3) is 6.08 Å². The van der Waals surface area contributed by atoms with Crippen LogP contribution in [0, 0.1) is 22.7 Å². The third-order valence-electron chi connectivity index (χ3n) is 6.34. The molecule has 0 radical (unpaired) electrons. The molecule has 2 aromatic carbocycles. The number of carbonyl (C=O) groups is 2. The molecule has 0 unspecified atom stereocenters. The number of rotatable bonds is 10. The number of nitriles is 2. The Morgan fingerprint density at radius 3 is 2.58 bits per heavy atom. The van der Waals surface area contributed by atoms with E-state index in [1.807, 2.05) is 25.1 Å². The number of anilines is 1. The molecule has 4 rings (SSSR count). The molecule has 1 aliphatic rings. The molecule has 0 bridgehead atoms. The zero-order valence-electron chi connectivity index (χ0n) is 22.4. The van der Waals surface area contributed by atoms with Crippen molar-refractivity contribution < 1.29 is 23.8 Å². The second-order valence-electron chi connectivity index (χ2n) is 8.96. The van der Waals surface area contributed by atoms with E-state index in [9.17, 15) is 20.1 Å². The summed E-state index contributed by atoms with van der Waals surface area (Å²) in [6.45, 7) is 4.37. The van der Waals surface area contributed by atoms with Gasteiger partial charge in [0.1, 0.15) is 23.3 Å². The van der Waals surface area contributed by atoms with Gasteiger partial charge in [-0.05, 0) is 74.9 Å². The van der Waals surface area contributed by atoms with E-state index in [1.54, 1.807) is 37.3 Å². The van der Waals surface area contributed by atoms with E-state index in [4.69, 9.17) is 14.2 Å². The van der Waals surface area contributed by atoms with Crippen LogP contribution < -0.4 is 14.8 Å². The largest absolute Gasteiger partial charge is 0.490 e. The Hall–Kier alpha value is -4.60. The molecule has 0 atom stereocenters. The van der Waals surface area contributed by atoms with Crippen LogP contribution in [0.1, 0.15) is 64.2 Å². The number of nitrogens with one attached hydrogen (secondary N) is 1. The zero-order valence-corrected chi connectivity index (χ0v) is 23.2. The summed E-state index contributed by atoms with van der Waals surface area (Å²) in [5.41, 5.74) is 3.04. The van der Waals surface area contributed by atoms with Crippen molar-refractivity contribution in [3.05, 3.63) is 80.7 Å². The molecular weight excluding hydrogens is 526 g/mol. The van der Waals surface area contributed by atoms with E-state index in [0.717, 1.165) is 41.7 Å². The topological polar surface area (TPSA) is 121 Å². The van der Waals surface area contributed by atoms with Crippen LogP contribution in [0.5, 0.6) is 11.5 Å². The average Bonchev–Trinajstić information content (AvgIpc) is 3.33. The Morgan fingerprint density at radius 1 is 1.02 bits per heavy atom. The van der Waals surface area contributed by atoms with E-state index in [2.05, 4.69) is 11.4 Å². The van der Waals surface area contributed by atoms with E-state index in [0.29, 0.717) is 39.8 Å². The molecule has 1 aromatic heterocycles. The van der Waals surface area contributed by atoms with Gasteiger partial charge in [-0.15, -0.1) is 11.3 Å². The number of aryl methyl sites for hydroxylation is 1. The van der Waals surface area contributed by atoms with Crippen molar-refractivity contribution in [2.75, 3.05) is 18.5 Å². The molecular formula is C31H29N3O5S. The fourth-order valence-corrected chi connectivity index (χ4v) is 5.74. The Morgan fingerprint density at radius 2 is 1.82 bits per heavy atom. The lowest BCUT2D eigenvalue weighted by atomic mass is 9.95. The van der Waals surface area contributed by atoms with Crippen LogP contribution in [-0.2, 0) is 29.0 Å². The Labute approximate surface area is 237 Å². The van der Waals surface area contributed by atoms with Crippen LogP contribution >= 0.6 is 11.3 Å². The molecule has 9 heteroatoms. The molecule has 1 N–H and O–H groups in total. The highest BCUT2D eigenvalue weighted by molar-refractivity contribution is 7.17. The molecule has 1 aliphatic carbocycles. The third-order valence-corrected chi connectivity index (χ3v) is 7.55. The van der Waals surface area contributed by atoms with Crippen molar-refractivity contribution in [1.29, 1.82) is 10.5 Å². The predicted octanol–water partition coefficient (Wildman–Crippen LogP) is 6.20. The molecule has 0 spiro atoms. The van der Waals surface area contributed by atoms with Gasteiger partial charge in [0, 0.05) is 10.4 Å². The SMILES string of the molecule is CCOC(=O)c1c(NC(=O)/C(C#N)=C/c2ccc(OCc3ccccc3C#N)c(OCC)c2)sc2c1CCCC2. The van der Waals surface area contributed by atoms with Crippen LogP contribution in [0.15, 0.2) is 48.0 Å². The molecule has 0 aliphatic heterocycles. The minimum Gasteiger partial charge on any atom is -0.490 e. The fourth-order valence-electron chi connectivity index (χ4n) is 4.47. The summed E-state index contributed by atoms with van der Waals surface area (Å²) in [6, 6.07) is 16.4. The van der Waals surface area contributed by atoms with Crippen molar-refractivity contribution in [2.45, 2.75) is 46.1 Å². The molecule has 3 aromatic rings. The van der Waals surface area contributed by atoms with Crippen molar-refractivity contribution in [3.63, 3.8) is 0 Å². The van der Waals surface area contributed by atoms with E-state index < -0.39 is 11.9 Å². The lowest BCUT2D eigenvalue weighted by Gasteiger charge is -2.13. The van der Waals surface area contributed by atoms with Crippen LogP contribution in [0.3, 0.4) is 0 Å². The quantitative estimate of drug-likeness (QED) is 0.180. The maximum Gasteiger partial charge on any atom is 0.341 e. The molecule has 40 heavy (non-hydrogen) atoms. The number of benzene rings is 2. The van der Waals surface area contributed by atoms with Gasteiger partial charge in [-0.25, -0.2) is 4.79 Å². The summed E-state index contributed by atoms with van der Waals surface area (Å²) in [5, 5.41) is 22.3. The van der Waals surface area contributed by atoms with Gasteiger partial charge in [-0.2, -0.15) is 10.5 Å². The number of hydrogen-bond acceptors (Lipinski definition) is 8. The number of esters is 1. The monoisotopic (exact) mass is 555 g/mol. The number of amides is 1. The predicted molar refractivity (Wildman–Crippen MR) is 152 cm³/mol. The van der Waals surface area contributed by atoms with Gasteiger partial charge in [-0.3, -0.25) is 4.79 Å². The Kier molecular flexibility index (Phi) is 9.56. The summed E-state index contributed by atoms with van der Waals surface area (Å²) in [5.74, 6) is -0.163. The lowest BCUT2D eigenvalue weighted by molar-refractivity contribution is -0.112. The number of nitrogens with zero attached hydrogens (tertiary/aromatic N) is 2. The number of hydrogen-bond donors (Lipinski definition) is 1. The zero-order chi connectivity index (χ0) is 28.5. The van der Waals surface area contributed by atoms with Crippen molar-refractivity contribution >= 4 is 34.3 Å². The van der Waals surface area contributed by atoms with E-state index in [1.165, 1.54) is 17.4 Å². The number of carbonyl (C=O) groups excluding carboxylic acids is 2. The number of thiophene rings is 1. The minimum atomic E-state index is -0.613. The van der Waals surface area contributed by atoms with E-state index >= 15 is 0 Å². The van der Waals surface area contributed by atoms with Gasteiger partial charge >= 0.3 is 5.97 Å². The summed E-state index contributed by atoms with van der Waals surface area (Å²) in [6.07, 6.45) is 5.07. The molecule has 204 valence electrons. The van der Waals surface area contributed by atoms with Crippen molar-refractivity contribution in [3.8, 4) is 23.6 Å². The number of fused-ring (bicyclic) bond motifs is 1. The Balaban J connectivity index is 1.56. The number of ether oxygens (including phenoxy) is 3. The second kappa shape index (κ2) is 13.5. The molecule has 8 nitrogen and oxygen atoms in total. The van der Waals surface area contributed by atoms with E-state index in [-0.39, 0.29) is 18.8 Å². The van der Waals surface area contributed by atoms with Gasteiger partial charge in [0.2, 0.25) is 0 Å². The summed E-state index contributed by atoms with van der Waals surface area (Å²) in [7, 11) is 0. The highest BCUT2D eigenvalue weighted by Gasteiger charge is 2.28. The van der Waals surface area contributed by atoms with Gasteiger partial charge in [0.25, 0.3) is 5.91 Å². The van der Waals surface area contributed by atoms with Gasteiger partial charge in [0.15, 0.2) is 11.5 Å². The molecule has 1 amide bonds. The molecule has 0 saturated heterocycles. The van der Waals surface area contributed by atoms with Crippen molar-refractivity contribution in [1.82, 2.24) is 0 Å². The highest BCUT2D eigenvalue weighted by atomic mass is 32.1. The first-order chi connectivity index (χ1) is 19.5. The second-order valence-corrected chi connectivity index (χ2v) is 10.1. The molecule has 0 fully saturated rings. The van der Waals surface area contributed by atoms with Crippen LogP contribution in [-0.4, -0.2) is 25.1 Å². The van der Waals surface area contributed by atoms with Gasteiger partial charge in [0.05, 0.1) is 30.4 Å². The standard InChI is InChI=1S/C31H29N3O5S/c1-3-37-26-16-20(13-14-25(26)39-19-22-10-6-5-9-21(22)17-32)15-23(18-33)29(35)34-30-28(31(36)38-4-2)24-11-7-8-12-27(24)40-30/h5-6,9-10,13-16H,3-4,7-8,11-12,19H2,1-2H3,(H,34,35)/b23-15+. The summed E-state index contributed by atoms with van der Waals surface area (Å²) in [4.78, 5) is 27.0. The third kappa shape index (κ3) is 6.51. The lowest BCUT2D eigenvalue weighted by Crippen LogP contribution is -2.16. The van der Waals surface area contributed by atoms with Crippen LogP contribution in [0.4, 0.5) is 5.00 Å². The minimum absolute atomic E-state index is 0.125. The average molecular weight is 556 g/mol. The van der Waals surface area contributed by atoms with Crippen LogP contribution in [0.2, 0.25) is 0 Å². The fraction of sp³-hybridized carbons (Fsp3) is 0.290. The Bertz CT molecular complexity index is 1530. The van der Waals surface area contributed by atoms with Gasteiger partial charge in [-0.1, -0.05) is 24.3 Å². The van der Waals surface area contributed by atoms with Crippen molar-refractivity contribution in [2.24, 2.45) is 0 Å². The first-order valence-electron chi connectivity index (χ1n) is 13.1. The molecule has 0 saturated carbocycles. The smallest absolute Gasteiger partial charge is 0.341 e. The summed E-state index contributed by atoms with van der Waals surface area (Å²) >= 11 is 1.37.